The van der Waals surface area contributed by atoms with Crippen molar-refractivity contribution in [1.82, 2.24) is 15.1 Å². The van der Waals surface area contributed by atoms with Crippen LogP contribution in [0.5, 0.6) is 0 Å². The van der Waals surface area contributed by atoms with Crippen LogP contribution in [0.15, 0.2) is 10.6 Å². The molecule has 2 aliphatic heterocycles. The van der Waals surface area contributed by atoms with E-state index in [0.717, 1.165) is 0 Å². The Morgan fingerprint density at radius 1 is 1.15 bits per heavy atom. The van der Waals surface area contributed by atoms with E-state index in [0.29, 0.717) is 50.8 Å². The Balaban J connectivity index is 1.42. The lowest BCUT2D eigenvalue weighted by Crippen LogP contribution is -2.39. The molecule has 1 N–H and O–H groups in total. The number of nitrogens with zero attached hydrogens (tertiary/aromatic N) is 2. The fourth-order valence-corrected chi connectivity index (χ4v) is 4.60. The van der Waals surface area contributed by atoms with Gasteiger partial charge in [0.25, 0.3) is 5.91 Å². The topological polar surface area (TPSA) is 97.0 Å². The fraction of sp³-hybridized carbons (Fsp3) is 0.636. The number of ether oxygens (including phenoxy) is 4. The number of fused-ring (bicyclic) bond motifs is 3. The van der Waals surface area contributed by atoms with Crippen molar-refractivity contribution in [1.29, 1.82) is 0 Å². The highest BCUT2D eigenvalue weighted by atomic mass is 19.4. The molecule has 0 spiro atoms. The summed E-state index contributed by atoms with van der Waals surface area (Å²) in [6.07, 6.45) is -4.05. The number of alkyl halides is 3. The summed E-state index contributed by atoms with van der Waals surface area (Å²) >= 11 is 0. The number of furan rings is 1. The van der Waals surface area contributed by atoms with E-state index in [4.69, 9.17) is 23.4 Å². The minimum Gasteiger partial charge on any atom is -0.455 e. The standard InChI is InChI=1S/C22H26F3N3O6/c1-12-18-17(34-20(12)21(29)26-7-13-10-30-2-4-32-13)6-16(22(23,24)25)15-9-28(27-19(15)18)8-14-11-31-3-5-33-14/h9,13-14,16H,2-8,10-11H2,1H3,(H,26,29)/t13-,14+,16-/m1/s1. The maximum Gasteiger partial charge on any atom is 0.396 e. The molecule has 1 amide bonds. The number of aromatic nitrogens is 2. The van der Waals surface area contributed by atoms with Crippen molar-refractivity contribution in [3.05, 3.63) is 28.8 Å². The SMILES string of the molecule is Cc1c(C(=O)NC[C@@H]2COCCO2)oc2c1-c1nn(C[C@H]3COCCO3)cc1[C@H](C(F)(F)F)C2. The van der Waals surface area contributed by atoms with Gasteiger partial charge in [0.05, 0.1) is 63.9 Å². The average molecular weight is 485 g/mol. The molecule has 2 saturated heterocycles. The second-order valence-corrected chi connectivity index (χ2v) is 8.65. The normalized spacial score (nSPS) is 25.0. The molecule has 186 valence electrons. The van der Waals surface area contributed by atoms with Crippen LogP contribution in [-0.2, 0) is 31.9 Å². The van der Waals surface area contributed by atoms with Crippen molar-refractivity contribution in [2.45, 2.75) is 44.2 Å². The van der Waals surface area contributed by atoms with Gasteiger partial charge in [0, 0.05) is 35.9 Å². The summed E-state index contributed by atoms with van der Waals surface area (Å²) in [6.45, 7) is 4.70. The molecule has 0 bridgehead atoms. The van der Waals surface area contributed by atoms with E-state index in [2.05, 4.69) is 10.4 Å². The lowest BCUT2D eigenvalue weighted by molar-refractivity contribution is -0.151. The first-order chi connectivity index (χ1) is 16.3. The third-order valence-electron chi connectivity index (χ3n) is 6.26. The molecular weight excluding hydrogens is 459 g/mol. The van der Waals surface area contributed by atoms with E-state index in [9.17, 15) is 18.0 Å². The second-order valence-electron chi connectivity index (χ2n) is 8.65. The van der Waals surface area contributed by atoms with Gasteiger partial charge in [-0.1, -0.05) is 0 Å². The minimum atomic E-state index is -4.49. The van der Waals surface area contributed by atoms with Crippen molar-refractivity contribution >= 4 is 5.91 Å². The summed E-state index contributed by atoms with van der Waals surface area (Å²) in [5.74, 6) is -2.20. The Bertz CT molecular complexity index is 1040. The van der Waals surface area contributed by atoms with Gasteiger partial charge in [-0.2, -0.15) is 18.3 Å². The average Bonchev–Trinajstić information content (AvgIpc) is 3.38. The fourth-order valence-electron chi connectivity index (χ4n) is 4.60. The molecule has 2 fully saturated rings. The second kappa shape index (κ2) is 9.33. The highest BCUT2D eigenvalue weighted by molar-refractivity contribution is 5.95. The summed E-state index contributed by atoms with van der Waals surface area (Å²) in [7, 11) is 0. The van der Waals surface area contributed by atoms with Crippen molar-refractivity contribution in [3.63, 3.8) is 0 Å². The first kappa shape index (κ1) is 23.3. The lowest BCUT2D eigenvalue weighted by atomic mass is 9.84. The van der Waals surface area contributed by atoms with Crippen LogP contribution in [0.25, 0.3) is 11.3 Å². The summed E-state index contributed by atoms with van der Waals surface area (Å²) in [5, 5.41) is 7.18. The highest BCUT2D eigenvalue weighted by Crippen LogP contribution is 2.48. The van der Waals surface area contributed by atoms with Gasteiger partial charge in [-0.25, -0.2) is 0 Å². The predicted molar refractivity (Wildman–Crippen MR) is 111 cm³/mol. The molecule has 1 aliphatic carbocycles. The van der Waals surface area contributed by atoms with Gasteiger partial charge >= 0.3 is 6.18 Å². The van der Waals surface area contributed by atoms with Gasteiger partial charge in [-0.05, 0) is 6.92 Å². The smallest absolute Gasteiger partial charge is 0.396 e. The van der Waals surface area contributed by atoms with Gasteiger partial charge in [-0.15, -0.1) is 0 Å². The number of halogens is 3. The summed E-state index contributed by atoms with van der Waals surface area (Å²) < 4.78 is 70.8. The first-order valence-corrected chi connectivity index (χ1v) is 11.2. The number of hydrogen-bond acceptors (Lipinski definition) is 7. The van der Waals surface area contributed by atoms with E-state index in [1.54, 1.807) is 6.92 Å². The van der Waals surface area contributed by atoms with Gasteiger partial charge in [0.15, 0.2) is 5.76 Å². The molecule has 12 heteroatoms. The molecular formula is C22H26F3N3O6. The molecule has 34 heavy (non-hydrogen) atoms. The number of carbonyl (C=O) groups excluding carboxylic acids is 1. The zero-order valence-corrected chi connectivity index (χ0v) is 18.7. The molecule has 9 nitrogen and oxygen atoms in total. The molecule has 0 aromatic carbocycles. The molecule has 2 aromatic heterocycles. The van der Waals surface area contributed by atoms with E-state index in [1.165, 1.54) is 10.9 Å². The van der Waals surface area contributed by atoms with Crippen LogP contribution in [0.2, 0.25) is 0 Å². The Morgan fingerprint density at radius 3 is 2.50 bits per heavy atom. The van der Waals surface area contributed by atoms with Gasteiger partial charge in [0.1, 0.15) is 11.9 Å². The highest BCUT2D eigenvalue weighted by Gasteiger charge is 2.48. The molecule has 4 heterocycles. The lowest BCUT2D eigenvalue weighted by Gasteiger charge is -2.23. The van der Waals surface area contributed by atoms with Crippen molar-refractivity contribution in [3.8, 4) is 11.3 Å². The Hall–Kier alpha value is -2.41. The third kappa shape index (κ3) is 4.59. The van der Waals surface area contributed by atoms with E-state index in [1.807, 2.05) is 0 Å². The van der Waals surface area contributed by atoms with Crippen molar-refractivity contribution in [2.24, 2.45) is 0 Å². The Labute approximate surface area is 193 Å². The van der Waals surface area contributed by atoms with Crippen LogP contribution in [0, 0.1) is 6.92 Å². The first-order valence-electron chi connectivity index (χ1n) is 11.2. The largest absolute Gasteiger partial charge is 0.455 e. The molecule has 0 radical (unpaired) electrons. The molecule has 2 aromatic rings. The van der Waals surface area contributed by atoms with Crippen molar-refractivity contribution < 1.29 is 41.3 Å². The molecule has 3 atom stereocenters. The van der Waals surface area contributed by atoms with Crippen molar-refractivity contribution in [2.75, 3.05) is 46.2 Å². The van der Waals surface area contributed by atoms with E-state index < -0.39 is 24.4 Å². The predicted octanol–water partition coefficient (Wildman–Crippen LogP) is 2.21. The van der Waals surface area contributed by atoms with Crippen LogP contribution in [0.4, 0.5) is 13.2 Å². The number of nitrogens with one attached hydrogen (secondary N) is 1. The monoisotopic (exact) mass is 485 g/mol. The number of hydrogen-bond donors (Lipinski definition) is 1. The number of carbonyl (C=O) groups is 1. The molecule has 3 aliphatic rings. The van der Waals surface area contributed by atoms with Gasteiger partial charge in [-0.3, -0.25) is 9.48 Å². The number of amides is 1. The summed E-state index contributed by atoms with van der Waals surface area (Å²) in [5.41, 5.74) is 1.15. The number of rotatable bonds is 5. The Kier molecular flexibility index (Phi) is 6.40. The summed E-state index contributed by atoms with van der Waals surface area (Å²) in [4.78, 5) is 12.8. The zero-order valence-electron chi connectivity index (χ0n) is 18.7. The molecule has 5 rings (SSSR count). The van der Waals surface area contributed by atoms with Gasteiger partial charge < -0.3 is 28.7 Å². The van der Waals surface area contributed by atoms with Crippen LogP contribution >= 0.6 is 0 Å². The van der Waals surface area contributed by atoms with Crippen LogP contribution in [0.1, 0.15) is 33.4 Å². The summed E-state index contributed by atoms with van der Waals surface area (Å²) in [6, 6.07) is 0. The van der Waals surface area contributed by atoms with E-state index >= 15 is 0 Å². The third-order valence-corrected chi connectivity index (χ3v) is 6.26. The zero-order chi connectivity index (χ0) is 23.9. The minimum absolute atomic E-state index is 0.0194. The maximum absolute atomic E-state index is 13.9. The van der Waals surface area contributed by atoms with E-state index in [-0.39, 0.29) is 48.1 Å². The maximum atomic E-state index is 13.9. The van der Waals surface area contributed by atoms with Crippen LogP contribution < -0.4 is 5.32 Å². The van der Waals surface area contributed by atoms with Crippen LogP contribution in [-0.4, -0.2) is 80.3 Å². The Morgan fingerprint density at radius 2 is 1.85 bits per heavy atom. The quantitative estimate of drug-likeness (QED) is 0.694. The van der Waals surface area contributed by atoms with Gasteiger partial charge in [0.2, 0.25) is 0 Å². The molecule has 0 saturated carbocycles. The molecule has 0 unspecified atom stereocenters. The van der Waals surface area contributed by atoms with Crippen LogP contribution in [0.3, 0.4) is 0 Å².